The second kappa shape index (κ2) is 58.5. The number of aliphatic carboxylic acids is 2. The van der Waals surface area contributed by atoms with E-state index in [0.717, 1.165) is 32.1 Å². The van der Waals surface area contributed by atoms with Crippen molar-refractivity contribution in [3.05, 3.63) is 91.5 Å². The van der Waals surface area contributed by atoms with Crippen molar-refractivity contribution in [2.75, 3.05) is 150 Å². The van der Waals surface area contributed by atoms with E-state index in [0.29, 0.717) is 63.9 Å². The summed E-state index contributed by atoms with van der Waals surface area (Å²) < 4.78 is 78.3. The lowest BCUT2D eigenvalue weighted by atomic mass is 9.81. The van der Waals surface area contributed by atoms with E-state index in [1.165, 1.54) is 22.8 Å². The molecule has 7 atom stereocenters. The summed E-state index contributed by atoms with van der Waals surface area (Å²) in [5.74, 6) is -2.81. The van der Waals surface area contributed by atoms with Gasteiger partial charge in [-0.3, -0.25) is 57.5 Å². The lowest BCUT2D eigenvalue weighted by Crippen LogP contribution is -2.58. The smallest absolute Gasteiger partial charge is 0.407 e. The molecule has 4 heterocycles. The molecule has 2 aromatic heterocycles. The molecular formula is C92H129FN14O29. The zero-order valence-corrected chi connectivity index (χ0v) is 77.4. The molecule has 748 valence electrons. The first-order valence-electron chi connectivity index (χ1n) is 46.0. The maximum absolute atomic E-state index is 15.6. The molecule has 136 heavy (non-hydrogen) atoms. The van der Waals surface area contributed by atoms with E-state index in [1.807, 2.05) is 0 Å². The van der Waals surface area contributed by atoms with Crippen molar-refractivity contribution < 1.29 is 139 Å². The molecule has 43 nitrogen and oxygen atoms in total. The number of pyridine rings is 2. The molecule has 4 aromatic rings. The number of benzene rings is 2. The summed E-state index contributed by atoms with van der Waals surface area (Å²) >= 11 is 0. The Morgan fingerprint density at radius 3 is 1.76 bits per heavy atom. The first-order valence-corrected chi connectivity index (χ1v) is 46.0. The number of aromatic nitrogens is 2. The zero-order chi connectivity index (χ0) is 98.3. The third kappa shape index (κ3) is 36.9. The minimum atomic E-state index is -2.09. The Labute approximate surface area is 786 Å². The first-order chi connectivity index (χ1) is 65.4. The number of carboxylic acid groups (broad SMARTS) is 2. The molecule has 0 saturated heterocycles. The topological polar surface area (TPSA) is 594 Å². The molecule has 0 bridgehead atoms. The van der Waals surface area contributed by atoms with Crippen LogP contribution in [0.4, 0.5) is 19.7 Å². The van der Waals surface area contributed by atoms with Gasteiger partial charge < -0.3 is 136 Å². The number of fused-ring (bicyclic) bond motifs is 5. The number of halogens is 1. The number of ether oxygens (including phenoxy) is 11. The number of hydrogen-bond acceptors (Lipinski definition) is 28. The Bertz CT molecular complexity index is 4860. The summed E-state index contributed by atoms with van der Waals surface area (Å²) in [5, 5.41) is 60.0. The Hall–Kier alpha value is -11.9. The predicted octanol–water partition coefficient (Wildman–Crippen LogP) is 2.05. The lowest BCUT2D eigenvalue weighted by Gasteiger charge is -2.31. The molecule has 8 rings (SSSR count). The minimum Gasteiger partial charge on any atom is -0.481 e. The number of hydrogen-bond donors (Lipinski definition) is 15. The highest BCUT2D eigenvalue weighted by Gasteiger charge is 2.46. The second-order valence-corrected chi connectivity index (χ2v) is 33.0. The number of alkyl carbamates (subject to hydrolysis) is 1. The van der Waals surface area contributed by atoms with Gasteiger partial charge in [-0.15, -0.1) is 5.92 Å². The number of esters is 1. The van der Waals surface area contributed by atoms with E-state index in [9.17, 15) is 82.1 Å². The molecule has 44 heteroatoms. The van der Waals surface area contributed by atoms with Gasteiger partial charge in [0.05, 0.1) is 147 Å². The molecule has 0 fully saturated rings. The number of carbonyl (C=O) groups is 14. The first kappa shape index (κ1) is 109. The fraction of sp³-hybridized carbons (Fsp3) is 0.609. The van der Waals surface area contributed by atoms with Crippen LogP contribution in [0.3, 0.4) is 0 Å². The lowest BCUT2D eigenvalue weighted by molar-refractivity contribution is -0.172. The van der Waals surface area contributed by atoms with E-state index < -0.39 is 113 Å². The van der Waals surface area contributed by atoms with Gasteiger partial charge in [-0.25, -0.2) is 23.8 Å². The molecule has 2 unspecified atom stereocenters. The standard InChI is InChI=1S/C92H129FN14O29/c1-5-92(125)66-49-72-84-64(51-107(72)88(121)65(66)55-135-89(92)122)82-68(22-21-63-58(4)67(93)50-71(103-84)81(63)82)105-91(124)136-52-59-17-19-60(20-18-59)101-85(118)69(15-11-31-99-90(94)123)104-87(120)83(57(2)3)106-86(119)70(23-24-80(116)117)102-77(112)29-37-128-45-47-130-41-33-97-75(110)27-39-133-54-61(53-132-38-26-74(109)96-32-40-129-46-43-126-35-25-73(108)95-30-12-16-79(114)115)100-76(111)28-36-127-44-48-131-42-34-98-78(113)56-134-62-13-9-7-6-8-10-14-62/h17-20,49-50,57,61-62,68-70,83,125H,5-9,11-13,15-16,21-48,51-56H2,1-4H3,(H,95,108)(H,96,109)(H,97,110)(H,98,113)(H,100,111)(H,101,118)(H,102,112)(H,104,120)(H,105,124)(H,106,119)(H,114,115)(H,116,117)(H3,94,99,123)/t61?,62?,68-,69-,70-,83-,92-/m0/s1. The number of carbonyl (C=O) groups excluding carboxylic acids is 12. The number of nitrogens with two attached hydrogens (primary N) is 1. The largest absolute Gasteiger partial charge is 0.481 e. The van der Waals surface area contributed by atoms with E-state index in [1.54, 1.807) is 45.9 Å². The molecule has 2 aromatic carbocycles. The highest BCUT2D eigenvalue weighted by Crippen LogP contribution is 2.46. The number of anilines is 1. The number of amides is 12. The van der Waals surface area contributed by atoms with Crippen molar-refractivity contribution in [3.8, 4) is 23.2 Å². The van der Waals surface area contributed by atoms with Gasteiger partial charge in [-0.1, -0.05) is 45.2 Å². The van der Waals surface area contributed by atoms with Gasteiger partial charge in [-0.2, -0.15) is 0 Å². The highest BCUT2D eigenvalue weighted by atomic mass is 19.1. The van der Waals surface area contributed by atoms with Crippen LogP contribution in [0.25, 0.3) is 22.3 Å². The summed E-state index contributed by atoms with van der Waals surface area (Å²) in [6.07, 6.45) is 3.47. The quantitative estimate of drug-likeness (QED) is 0.0150. The van der Waals surface area contributed by atoms with Gasteiger partial charge in [-0.05, 0) is 118 Å². The van der Waals surface area contributed by atoms with Crippen LogP contribution in [-0.2, 0) is 141 Å². The van der Waals surface area contributed by atoms with Crippen LogP contribution in [0, 0.1) is 30.5 Å². The maximum Gasteiger partial charge on any atom is 0.407 e. The molecule has 12 amide bonds. The molecule has 4 aliphatic rings. The van der Waals surface area contributed by atoms with E-state index in [-0.39, 0.29) is 287 Å². The van der Waals surface area contributed by atoms with Crippen molar-refractivity contribution in [2.45, 2.75) is 211 Å². The molecule has 2 aliphatic heterocycles. The number of cyclic esters (lactones) is 1. The van der Waals surface area contributed by atoms with E-state index >= 15 is 4.39 Å². The fourth-order valence-corrected chi connectivity index (χ4v) is 15.1. The van der Waals surface area contributed by atoms with Crippen molar-refractivity contribution >= 4 is 99.8 Å². The summed E-state index contributed by atoms with van der Waals surface area (Å²) in [6, 6.07) is 2.76. The van der Waals surface area contributed by atoms with Crippen molar-refractivity contribution in [1.29, 1.82) is 0 Å². The van der Waals surface area contributed by atoms with Gasteiger partial charge in [0.2, 0.25) is 53.2 Å². The van der Waals surface area contributed by atoms with Gasteiger partial charge in [0.1, 0.15) is 49.9 Å². The number of nitrogens with one attached hydrogen (secondary N) is 11. The number of nitrogens with zero attached hydrogens (tertiary/aromatic N) is 2. The average Bonchev–Trinajstić information content (AvgIpc) is 1.53. The Morgan fingerprint density at radius 2 is 1.17 bits per heavy atom. The van der Waals surface area contributed by atoms with Crippen LogP contribution in [0.2, 0.25) is 0 Å². The third-order valence-corrected chi connectivity index (χ3v) is 22.4. The molecule has 0 spiro atoms. The molecule has 0 radical (unpaired) electrons. The molecule has 16 N–H and O–H groups in total. The normalized spacial score (nSPS) is 16.0. The summed E-state index contributed by atoms with van der Waals surface area (Å²) in [6.45, 7) is 7.93. The molecular weight excluding hydrogens is 1780 g/mol. The minimum absolute atomic E-state index is 0.00598. The van der Waals surface area contributed by atoms with Crippen LogP contribution in [0.15, 0.2) is 41.2 Å². The van der Waals surface area contributed by atoms with Crippen LogP contribution in [-0.4, -0.2) is 283 Å². The number of carboxylic acids is 2. The van der Waals surface area contributed by atoms with Crippen LogP contribution in [0.1, 0.15) is 181 Å². The van der Waals surface area contributed by atoms with E-state index in [4.69, 9.17) is 67.9 Å². The van der Waals surface area contributed by atoms with Crippen molar-refractivity contribution in [3.63, 3.8) is 0 Å². The van der Waals surface area contributed by atoms with Gasteiger partial charge in [0, 0.05) is 112 Å². The van der Waals surface area contributed by atoms with E-state index in [2.05, 4.69) is 70.3 Å². The number of primary amides is 1. The molecule has 2 aliphatic carbocycles. The molecule has 0 saturated carbocycles. The Morgan fingerprint density at radius 1 is 0.603 bits per heavy atom. The highest BCUT2D eigenvalue weighted by molar-refractivity contribution is 5.99. The predicted molar refractivity (Wildman–Crippen MR) is 484 cm³/mol. The number of aryl methyl sites for hydroxylation is 1. The zero-order valence-electron chi connectivity index (χ0n) is 77.4. The summed E-state index contributed by atoms with van der Waals surface area (Å²) in [5.41, 5.74) is 6.90. The monoisotopic (exact) mass is 1910 g/mol. The van der Waals surface area contributed by atoms with Crippen molar-refractivity contribution in [1.82, 2.24) is 62.7 Å². The van der Waals surface area contributed by atoms with Crippen LogP contribution in [0.5, 0.6) is 0 Å². The Kier molecular flexibility index (Phi) is 47.0. The van der Waals surface area contributed by atoms with Crippen LogP contribution >= 0.6 is 0 Å². The summed E-state index contributed by atoms with van der Waals surface area (Å²) in [7, 11) is 0. The SMILES string of the molecule is CC[C@@]1(O)C(=O)OCc2c1cc1n(c2=O)Cc2c-1nc1cc(F)c(C)c3c1c2[C@@H](NC(=O)OCc1ccc(NC(=O)[C@H](CCCNC(N)=O)NC(=O)[C@@H](NC(=O)[C@H](CCC(=O)O)NC(=O)CCOCCOCCNC(=O)CCOCC(COCCC(=O)NCCOCCOCCC(=O)NCCCC(=O)O)NC(=O)CCOCCOCCNC(=O)COC2C#CCCCCC2)C(C)C)cc1)CC3. The Balaban J connectivity index is 0.721. The summed E-state index contributed by atoms with van der Waals surface area (Å²) in [4.78, 5) is 198. The van der Waals surface area contributed by atoms with Crippen molar-refractivity contribution in [2.24, 2.45) is 11.7 Å². The second-order valence-electron chi connectivity index (χ2n) is 33.0. The number of aliphatic hydroxyl groups is 1. The number of rotatable bonds is 64. The van der Waals surface area contributed by atoms with Crippen LogP contribution < -0.4 is 69.8 Å². The van der Waals surface area contributed by atoms with Gasteiger partial charge in [0.15, 0.2) is 5.60 Å². The van der Waals surface area contributed by atoms with Gasteiger partial charge in [0.25, 0.3) is 5.56 Å². The maximum atomic E-state index is 15.6. The third-order valence-electron chi connectivity index (χ3n) is 22.4. The van der Waals surface area contributed by atoms with Gasteiger partial charge >= 0.3 is 30.0 Å². The number of urea groups is 1. The average molecular weight is 1910 g/mol. The fourth-order valence-electron chi connectivity index (χ4n) is 15.1.